The highest BCUT2D eigenvalue weighted by atomic mass is 16.2. The van der Waals surface area contributed by atoms with Crippen LogP contribution in [0.25, 0.3) is 0 Å². The van der Waals surface area contributed by atoms with Crippen LogP contribution in [0.15, 0.2) is 9.59 Å². The first-order chi connectivity index (χ1) is 13.7. The van der Waals surface area contributed by atoms with Crippen LogP contribution in [-0.2, 0) is 24.8 Å². The summed E-state index contributed by atoms with van der Waals surface area (Å²) in [4.78, 5) is 41.5. The molecule has 0 fully saturated rings. The van der Waals surface area contributed by atoms with Crippen molar-refractivity contribution >= 4 is 17.4 Å². The quantitative estimate of drug-likeness (QED) is 0.658. The minimum atomic E-state index is -0.627. The van der Waals surface area contributed by atoms with E-state index in [1.165, 1.54) is 9.47 Å². The van der Waals surface area contributed by atoms with Crippen molar-refractivity contribution in [3.05, 3.63) is 37.8 Å². The van der Waals surface area contributed by atoms with Gasteiger partial charge in [-0.3, -0.25) is 23.8 Å². The number of carbonyl (C=O) groups excluding carboxylic acids is 1. The van der Waals surface area contributed by atoms with Gasteiger partial charge in [-0.1, -0.05) is 20.3 Å². The number of hydrogen-bond acceptors (Lipinski definition) is 5. The van der Waals surface area contributed by atoms with Gasteiger partial charge >= 0.3 is 5.69 Å². The molecule has 0 radical (unpaired) electrons. The number of nitrogens with two attached hydrogens (primary N) is 1. The number of anilines is 2. The number of unbranched alkanes of at least 4 members (excludes halogenated alkanes) is 1. The van der Waals surface area contributed by atoms with Gasteiger partial charge in [-0.25, -0.2) is 4.79 Å². The number of carbonyl (C=O) groups is 1. The van der Waals surface area contributed by atoms with Crippen molar-refractivity contribution in [3.8, 4) is 0 Å². The Morgan fingerprint density at radius 1 is 1.21 bits per heavy atom. The summed E-state index contributed by atoms with van der Waals surface area (Å²) < 4.78 is 3.12. The molecule has 0 aliphatic heterocycles. The molecule has 0 aliphatic carbocycles. The number of nitrogens with one attached hydrogen (secondary N) is 1. The lowest BCUT2D eigenvalue weighted by Gasteiger charge is -2.24. The molecule has 0 aliphatic rings. The largest absolute Gasteiger partial charge is 0.383 e. The average molecular weight is 405 g/mol. The molecule has 2 aromatic heterocycles. The molecule has 0 saturated carbocycles. The van der Waals surface area contributed by atoms with Crippen LogP contribution in [0.3, 0.4) is 0 Å². The molecule has 0 bridgehead atoms. The first-order valence-electron chi connectivity index (χ1n) is 10.1. The van der Waals surface area contributed by atoms with Crippen LogP contribution >= 0.6 is 0 Å². The van der Waals surface area contributed by atoms with Crippen LogP contribution in [-0.4, -0.2) is 31.8 Å². The van der Waals surface area contributed by atoms with E-state index in [4.69, 9.17) is 5.73 Å². The molecule has 9 heteroatoms. The summed E-state index contributed by atoms with van der Waals surface area (Å²) in [6.07, 6.45) is 3.01. The van der Waals surface area contributed by atoms with Gasteiger partial charge < -0.3 is 10.6 Å². The van der Waals surface area contributed by atoms with E-state index in [1.54, 1.807) is 4.68 Å². The lowest BCUT2D eigenvalue weighted by molar-refractivity contribution is -0.118. The summed E-state index contributed by atoms with van der Waals surface area (Å²) >= 11 is 0. The van der Waals surface area contributed by atoms with Crippen LogP contribution in [0.2, 0.25) is 0 Å². The highest BCUT2D eigenvalue weighted by Crippen LogP contribution is 2.21. The van der Waals surface area contributed by atoms with Gasteiger partial charge in [0.15, 0.2) is 5.69 Å². The van der Waals surface area contributed by atoms with Crippen molar-refractivity contribution in [2.24, 2.45) is 7.05 Å². The maximum absolute atomic E-state index is 13.1. The Kier molecular flexibility index (Phi) is 7.41. The third-order valence-electron chi connectivity index (χ3n) is 5.22. The summed E-state index contributed by atoms with van der Waals surface area (Å²) in [5.41, 5.74) is 8.01. The number of aromatic amines is 1. The predicted molar refractivity (Wildman–Crippen MR) is 114 cm³/mol. The fraction of sp³-hybridized carbons (Fsp3) is 0.600. The second-order valence-electron chi connectivity index (χ2n) is 7.32. The molecule has 2 rings (SSSR count). The molecule has 1 amide bonds. The zero-order valence-corrected chi connectivity index (χ0v) is 18.0. The molecular weight excluding hydrogens is 372 g/mol. The molecule has 0 atom stereocenters. The van der Waals surface area contributed by atoms with Gasteiger partial charge in [-0.15, -0.1) is 0 Å². The zero-order valence-electron chi connectivity index (χ0n) is 18.0. The van der Waals surface area contributed by atoms with Gasteiger partial charge in [0, 0.05) is 32.3 Å². The van der Waals surface area contributed by atoms with Crippen molar-refractivity contribution in [3.63, 3.8) is 0 Å². The molecule has 160 valence electrons. The number of aryl methyl sites for hydroxylation is 2. The smallest absolute Gasteiger partial charge is 0.330 e. The van der Waals surface area contributed by atoms with E-state index in [0.717, 1.165) is 29.8 Å². The van der Waals surface area contributed by atoms with Crippen molar-refractivity contribution in [1.82, 2.24) is 19.3 Å². The Balaban J connectivity index is 2.38. The Morgan fingerprint density at radius 3 is 2.45 bits per heavy atom. The first-order valence-corrected chi connectivity index (χ1v) is 10.1. The van der Waals surface area contributed by atoms with E-state index in [1.807, 2.05) is 34.7 Å². The molecular formula is C20H32N6O3. The van der Waals surface area contributed by atoms with Gasteiger partial charge in [-0.05, 0) is 38.7 Å². The van der Waals surface area contributed by atoms with Crippen LogP contribution in [0.4, 0.5) is 11.5 Å². The Labute approximate surface area is 170 Å². The van der Waals surface area contributed by atoms with Crippen LogP contribution in [0.5, 0.6) is 0 Å². The van der Waals surface area contributed by atoms with E-state index >= 15 is 0 Å². The normalized spacial score (nSPS) is 11.1. The highest BCUT2D eigenvalue weighted by molar-refractivity contribution is 5.95. The molecule has 0 saturated heterocycles. The molecule has 9 nitrogen and oxygen atoms in total. The number of H-pyrrole nitrogens is 1. The average Bonchev–Trinajstić information content (AvgIpc) is 2.90. The number of amides is 1. The number of nitrogens with zero attached hydrogens (tertiary/aromatic N) is 4. The molecule has 0 unspecified atom stereocenters. The minimum absolute atomic E-state index is 0.0405. The summed E-state index contributed by atoms with van der Waals surface area (Å²) in [5, 5.41) is 4.39. The van der Waals surface area contributed by atoms with Gasteiger partial charge in [0.1, 0.15) is 5.82 Å². The summed E-state index contributed by atoms with van der Waals surface area (Å²) in [6.45, 7) is 8.56. The Morgan fingerprint density at radius 2 is 1.90 bits per heavy atom. The Hall–Kier alpha value is -2.84. The molecule has 0 aromatic carbocycles. The topological polar surface area (TPSA) is 119 Å². The lowest BCUT2D eigenvalue weighted by Crippen LogP contribution is -2.41. The van der Waals surface area contributed by atoms with Crippen molar-refractivity contribution < 1.29 is 4.79 Å². The van der Waals surface area contributed by atoms with E-state index in [9.17, 15) is 14.4 Å². The standard InChI is InChI=1S/C20H32N6O3/c1-6-8-12-25(16(27)10-9-15-13(3)23-24(5)14(15)4)17-18(21)26(11-7-2)20(29)22-19(17)28/h6-12,21H2,1-5H3,(H,22,28,29). The minimum Gasteiger partial charge on any atom is -0.383 e. The van der Waals surface area contributed by atoms with Crippen molar-refractivity contribution in [2.75, 3.05) is 17.2 Å². The summed E-state index contributed by atoms with van der Waals surface area (Å²) in [5.74, 6) is -0.154. The van der Waals surface area contributed by atoms with Crippen LogP contribution in [0, 0.1) is 13.8 Å². The highest BCUT2D eigenvalue weighted by Gasteiger charge is 2.24. The van der Waals surface area contributed by atoms with Gasteiger partial charge in [0.25, 0.3) is 5.56 Å². The number of hydrogen-bond donors (Lipinski definition) is 2. The second-order valence-corrected chi connectivity index (χ2v) is 7.32. The van der Waals surface area contributed by atoms with Crippen molar-refractivity contribution in [1.29, 1.82) is 0 Å². The van der Waals surface area contributed by atoms with Gasteiger partial charge in [-0.2, -0.15) is 5.10 Å². The predicted octanol–water partition coefficient (Wildman–Crippen LogP) is 1.65. The first kappa shape index (κ1) is 22.4. The Bertz CT molecular complexity index is 985. The van der Waals surface area contributed by atoms with E-state index in [-0.39, 0.29) is 23.8 Å². The SMILES string of the molecule is CCCCN(C(=O)CCc1c(C)nn(C)c1C)c1c(N)n(CCC)c(=O)[nH]c1=O. The molecule has 3 N–H and O–H groups in total. The van der Waals surface area contributed by atoms with Crippen LogP contribution < -0.4 is 21.9 Å². The van der Waals surface area contributed by atoms with Gasteiger partial charge in [0.05, 0.1) is 5.69 Å². The van der Waals surface area contributed by atoms with Crippen molar-refractivity contribution in [2.45, 2.75) is 66.3 Å². The molecule has 29 heavy (non-hydrogen) atoms. The molecule has 0 spiro atoms. The third-order valence-corrected chi connectivity index (χ3v) is 5.22. The number of aromatic nitrogens is 4. The second kappa shape index (κ2) is 9.58. The van der Waals surface area contributed by atoms with E-state index in [0.29, 0.717) is 25.9 Å². The zero-order chi connectivity index (χ0) is 21.7. The maximum atomic E-state index is 13.1. The summed E-state index contributed by atoms with van der Waals surface area (Å²) in [7, 11) is 1.87. The monoisotopic (exact) mass is 404 g/mol. The third kappa shape index (κ3) is 4.78. The fourth-order valence-electron chi connectivity index (χ4n) is 3.51. The van der Waals surface area contributed by atoms with E-state index in [2.05, 4.69) is 10.1 Å². The molecule has 2 heterocycles. The fourth-order valence-corrected chi connectivity index (χ4v) is 3.51. The number of nitrogen functional groups attached to an aromatic ring is 1. The van der Waals surface area contributed by atoms with E-state index < -0.39 is 11.2 Å². The van der Waals surface area contributed by atoms with Gasteiger partial charge in [0.2, 0.25) is 5.91 Å². The summed E-state index contributed by atoms with van der Waals surface area (Å²) in [6, 6.07) is 0. The lowest BCUT2D eigenvalue weighted by atomic mass is 10.1. The van der Waals surface area contributed by atoms with Crippen LogP contribution in [0.1, 0.15) is 56.5 Å². The maximum Gasteiger partial charge on any atom is 0.330 e. The number of rotatable bonds is 9. The molecule has 2 aromatic rings.